The van der Waals surface area contributed by atoms with Gasteiger partial charge < -0.3 is 5.32 Å². The maximum absolute atomic E-state index is 12.9. The smallest absolute Gasteiger partial charge is 0.334 e. The van der Waals surface area contributed by atoms with Gasteiger partial charge in [-0.25, -0.2) is 9.69 Å². The Morgan fingerprint density at radius 2 is 1.58 bits per heavy atom. The standard InChI is InChI=1S/C24H35N3O4/c1-14-5-3-4-6-19(14)27-22(30)21(29)26(23(27)31)13-20(28)25-15(2)24-10-16-7-17(11-24)9-18(8-16)12-24/h14-19H,3-13H2,1-2H3,(H,25,28)/t14-,15-,16?,17?,18?,19-,24?/m0/s1. The third kappa shape index (κ3) is 3.48. The number of nitrogens with one attached hydrogen (secondary N) is 1. The largest absolute Gasteiger partial charge is 0.352 e. The molecule has 6 fully saturated rings. The predicted octanol–water partition coefficient (Wildman–Crippen LogP) is 3.08. The second-order valence-corrected chi connectivity index (χ2v) is 11.2. The Kier molecular flexibility index (Phi) is 5.13. The number of nitrogens with zero attached hydrogens (tertiary/aromatic N) is 2. The summed E-state index contributed by atoms with van der Waals surface area (Å²) in [6.45, 7) is 3.74. The average Bonchev–Trinajstić information content (AvgIpc) is 2.91. The van der Waals surface area contributed by atoms with Crippen molar-refractivity contribution in [2.75, 3.05) is 6.54 Å². The van der Waals surface area contributed by atoms with Crippen molar-refractivity contribution in [2.45, 2.75) is 90.1 Å². The van der Waals surface area contributed by atoms with Gasteiger partial charge in [-0.1, -0.05) is 19.8 Å². The Morgan fingerprint density at radius 1 is 1.00 bits per heavy atom. The highest BCUT2D eigenvalue weighted by Gasteiger charge is 2.54. The Labute approximate surface area is 184 Å². The fourth-order valence-electron chi connectivity index (χ4n) is 7.93. The Bertz CT molecular complexity index is 773. The van der Waals surface area contributed by atoms with Crippen LogP contribution in [-0.2, 0) is 14.4 Å². The van der Waals surface area contributed by atoms with Crippen LogP contribution in [0.15, 0.2) is 0 Å². The number of urea groups is 1. The molecule has 170 valence electrons. The Balaban J connectivity index is 1.24. The van der Waals surface area contributed by atoms with Crippen molar-refractivity contribution >= 4 is 23.8 Å². The maximum Gasteiger partial charge on any atom is 0.334 e. The zero-order valence-corrected chi connectivity index (χ0v) is 18.8. The van der Waals surface area contributed by atoms with Gasteiger partial charge in [-0.2, -0.15) is 0 Å². The summed E-state index contributed by atoms with van der Waals surface area (Å²) < 4.78 is 0. The van der Waals surface area contributed by atoms with Crippen molar-refractivity contribution in [3.8, 4) is 0 Å². The topological polar surface area (TPSA) is 86.8 Å². The van der Waals surface area contributed by atoms with Crippen LogP contribution in [0.1, 0.15) is 78.1 Å². The van der Waals surface area contributed by atoms with Crippen LogP contribution in [0.2, 0.25) is 0 Å². The highest BCUT2D eigenvalue weighted by molar-refractivity contribution is 6.45. The molecule has 0 aromatic carbocycles. The number of hydrogen-bond donors (Lipinski definition) is 1. The van der Waals surface area contributed by atoms with E-state index in [1.165, 1.54) is 38.5 Å². The van der Waals surface area contributed by atoms with E-state index in [0.717, 1.165) is 53.2 Å². The molecule has 7 nitrogen and oxygen atoms in total. The molecule has 31 heavy (non-hydrogen) atoms. The SMILES string of the molecule is C[C@H](NC(=O)CN1C(=O)C(=O)N([C@H]2CCCC[C@@H]2C)C1=O)C12CC3CC(CC(C3)C1)C2. The van der Waals surface area contributed by atoms with Crippen LogP contribution in [0.25, 0.3) is 0 Å². The third-order valence-electron chi connectivity index (χ3n) is 9.17. The lowest BCUT2D eigenvalue weighted by Gasteiger charge is -2.59. The second-order valence-electron chi connectivity index (χ2n) is 11.2. The van der Waals surface area contributed by atoms with E-state index in [0.29, 0.717) is 0 Å². The average molecular weight is 430 g/mol. The van der Waals surface area contributed by atoms with E-state index in [-0.39, 0.29) is 35.9 Å². The van der Waals surface area contributed by atoms with E-state index in [4.69, 9.17) is 0 Å². The Morgan fingerprint density at radius 3 is 2.16 bits per heavy atom. The molecule has 7 heteroatoms. The normalized spacial score (nSPS) is 40.6. The van der Waals surface area contributed by atoms with Gasteiger partial charge in [-0.3, -0.25) is 19.3 Å². The summed E-state index contributed by atoms with van der Waals surface area (Å²) in [7, 11) is 0. The molecule has 6 aliphatic rings. The first-order valence-electron chi connectivity index (χ1n) is 12.3. The van der Waals surface area contributed by atoms with Crippen LogP contribution in [0.5, 0.6) is 0 Å². The van der Waals surface area contributed by atoms with Gasteiger partial charge in [0.25, 0.3) is 0 Å². The van der Waals surface area contributed by atoms with Crippen LogP contribution in [0, 0.1) is 29.1 Å². The predicted molar refractivity (Wildman–Crippen MR) is 114 cm³/mol. The first kappa shape index (κ1) is 21.0. The van der Waals surface area contributed by atoms with Gasteiger partial charge in [0.15, 0.2) is 0 Å². The van der Waals surface area contributed by atoms with Gasteiger partial charge in [0.2, 0.25) is 5.91 Å². The second kappa shape index (κ2) is 7.59. The van der Waals surface area contributed by atoms with Crippen LogP contribution in [0.3, 0.4) is 0 Å². The van der Waals surface area contributed by atoms with E-state index in [1.54, 1.807) is 0 Å². The first-order chi connectivity index (χ1) is 14.8. The third-order valence-corrected chi connectivity index (χ3v) is 9.17. The lowest BCUT2D eigenvalue weighted by molar-refractivity contribution is -0.145. The quantitative estimate of drug-likeness (QED) is 0.537. The zero-order chi connectivity index (χ0) is 21.9. The van der Waals surface area contributed by atoms with Crippen molar-refractivity contribution in [2.24, 2.45) is 29.1 Å². The summed E-state index contributed by atoms with van der Waals surface area (Å²) in [6, 6.07) is -0.838. The van der Waals surface area contributed by atoms with Crippen LogP contribution in [0.4, 0.5) is 4.79 Å². The molecule has 0 aromatic rings. The van der Waals surface area contributed by atoms with Gasteiger partial charge >= 0.3 is 17.8 Å². The molecular formula is C24H35N3O4. The van der Waals surface area contributed by atoms with Crippen molar-refractivity contribution < 1.29 is 19.2 Å². The summed E-state index contributed by atoms with van der Waals surface area (Å²) >= 11 is 0. The van der Waals surface area contributed by atoms with Crippen molar-refractivity contribution in [3.63, 3.8) is 0 Å². The number of rotatable bonds is 5. The molecule has 0 radical (unpaired) electrons. The number of carbonyl (C=O) groups excluding carboxylic acids is 4. The molecule has 6 rings (SSSR count). The lowest BCUT2D eigenvalue weighted by atomic mass is 9.48. The molecule has 1 N–H and O–H groups in total. The molecule has 0 unspecified atom stereocenters. The van der Waals surface area contributed by atoms with Gasteiger partial charge in [-0.15, -0.1) is 0 Å². The number of imide groups is 2. The highest BCUT2D eigenvalue weighted by atomic mass is 16.2. The minimum Gasteiger partial charge on any atom is -0.352 e. The van der Waals surface area contributed by atoms with Crippen molar-refractivity contribution in [3.05, 3.63) is 0 Å². The van der Waals surface area contributed by atoms with E-state index >= 15 is 0 Å². The zero-order valence-electron chi connectivity index (χ0n) is 18.8. The number of carbonyl (C=O) groups is 4. The highest BCUT2D eigenvalue weighted by Crippen LogP contribution is 2.61. The minimum absolute atomic E-state index is 0.0198. The summed E-state index contributed by atoms with van der Waals surface area (Å²) in [5.41, 5.74) is 0.156. The number of hydrogen-bond acceptors (Lipinski definition) is 4. The molecule has 4 bridgehead atoms. The van der Waals surface area contributed by atoms with Crippen LogP contribution in [-0.4, -0.2) is 52.2 Å². The van der Waals surface area contributed by atoms with E-state index in [2.05, 4.69) is 12.2 Å². The van der Waals surface area contributed by atoms with Gasteiger partial charge in [0.05, 0.1) is 0 Å². The molecule has 1 heterocycles. The van der Waals surface area contributed by atoms with Gasteiger partial charge in [0.1, 0.15) is 6.54 Å². The molecular weight excluding hydrogens is 394 g/mol. The monoisotopic (exact) mass is 429 g/mol. The fraction of sp³-hybridized carbons (Fsp3) is 0.833. The van der Waals surface area contributed by atoms with Gasteiger partial charge in [-0.05, 0) is 87.4 Å². The molecule has 1 saturated heterocycles. The summed E-state index contributed by atoms with van der Waals surface area (Å²) in [6.07, 6.45) is 11.2. The Hall–Kier alpha value is -1.92. The molecule has 5 saturated carbocycles. The molecule has 0 aromatic heterocycles. The van der Waals surface area contributed by atoms with Crippen molar-refractivity contribution in [1.82, 2.24) is 15.1 Å². The minimum atomic E-state index is -0.861. The molecule has 1 aliphatic heterocycles. The summed E-state index contributed by atoms with van der Waals surface area (Å²) in [4.78, 5) is 52.9. The van der Waals surface area contributed by atoms with Crippen LogP contribution >= 0.6 is 0 Å². The first-order valence-corrected chi connectivity index (χ1v) is 12.3. The van der Waals surface area contributed by atoms with E-state index in [9.17, 15) is 19.2 Å². The van der Waals surface area contributed by atoms with Crippen molar-refractivity contribution in [1.29, 1.82) is 0 Å². The van der Waals surface area contributed by atoms with E-state index < -0.39 is 17.8 Å². The van der Waals surface area contributed by atoms with Crippen LogP contribution < -0.4 is 5.32 Å². The molecule has 5 amide bonds. The van der Waals surface area contributed by atoms with Gasteiger partial charge in [0, 0.05) is 12.1 Å². The number of amides is 5. The lowest BCUT2D eigenvalue weighted by Crippen LogP contribution is -2.57. The summed E-state index contributed by atoms with van der Waals surface area (Å²) in [5.74, 6) is 0.574. The maximum atomic E-state index is 12.9. The van der Waals surface area contributed by atoms with E-state index in [1.807, 2.05) is 6.92 Å². The fourth-order valence-corrected chi connectivity index (χ4v) is 7.93. The summed E-state index contributed by atoms with van der Waals surface area (Å²) in [5, 5.41) is 3.11. The molecule has 3 atom stereocenters. The molecule has 0 spiro atoms. The molecule has 5 aliphatic carbocycles.